The van der Waals surface area contributed by atoms with Gasteiger partial charge >= 0.3 is 0 Å². The topological polar surface area (TPSA) is 42.9 Å². The number of hydrogen-bond acceptors (Lipinski definition) is 4. The van der Waals surface area contributed by atoms with E-state index in [0.717, 1.165) is 20.9 Å². The highest BCUT2D eigenvalue weighted by molar-refractivity contribution is 7.21. The second-order valence-electron chi connectivity index (χ2n) is 3.95. The van der Waals surface area contributed by atoms with Gasteiger partial charge in [0.1, 0.15) is 10.7 Å². The van der Waals surface area contributed by atoms with Crippen LogP contribution in [0, 0.1) is 0 Å². The molecule has 0 aliphatic rings. The fourth-order valence-corrected chi connectivity index (χ4v) is 2.67. The monoisotopic (exact) mass is 254 g/mol. The van der Waals surface area contributed by atoms with Crippen molar-refractivity contribution in [1.82, 2.24) is 9.97 Å². The molecule has 4 heteroatoms. The van der Waals surface area contributed by atoms with Gasteiger partial charge < -0.3 is 0 Å². The molecule has 0 radical (unpaired) electrons. The van der Waals surface area contributed by atoms with Crippen molar-refractivity contribution >= 4 is 27.3 Å². The molecule has 3 rings (SSSR count). The predicted molar refractivity (Wildman–Crippen MR) is 72.9 cm³/mol. The van der Waals surface area contributed by atoms with E-state index in [1.54, 1.807) is 17.4 Å². The van der Waals surface area contributed by atoms with Crippen molar-refractivity contribution in [3.8, 4) is 10.7 Å². The highest BCUT2D eigenvalue weighted by Gasteiger charge is 2.09. The van der Waals surface area contributed by atoms with Crippen molar-refractivity contribution in [1.29, 1.82) is 0 Å². The summed E-state index contributed by atoms with van der Waals surface area (Å²) in [5.74, 6) is -0.0297. The highest BCUT2D eigenvalue weighted by Crippen LogP contribution is 2.28. The van der Waals surface area contributed by atoms with Crippen LogP contribution in [0.4, 0.5) is 0 Å². The molecule has 0 atom stereocenters. The van der Waals surface area contributed by atoms with Crippen molar-refractivity contribution in [3.05, 3.63) is 48.2 Å². The maximum atomic E-state index is 11.3. The van der Waals surface area contributed by atoms with Crippen LogP contribution in [0.3, 0.4) is 0 Å². The summed E-state index contributed by atoms with van der Waals surface area (Å²) in [4.78, 5) is 20.2. The number of aromatic nitrogens is 2. The van der Waals surface area contributed by atoms with Crippen LogP contribution in [-0.4, -0.2) is 15.8 Å². The fourth-order valence-electron chi connectivity index (χ4n) is 1.73. The zero-order valence-electron chi connectivity index (χ0n) is 9.75. The average molecular weight is 254 g/mol. The number of fused-ring (bicyclic) bond motifs is 1. The lowest BCUT2D eigenvalue weighted by atomic mass is 10.2. The number of nitrogens with zero attached hydrogens (tertiary/aromatic N) is 2. The van der Waals surface area contributed by atoms with Crippen LogP contribution in [0.15, 0.2) is 42.5 Å². The number of hydrogen-bond donors (Lipinski definition) is 0. The molecule has 2 heterocycles. The van der Waals surface area contributed by atoms with Crippen LogP contribution >= 0.6 is 11.3 Å². The van der Waals surface area contributed by atoms with Gasteiger partial charge in [-0.2, -0.15) is 0 Å². The summed E-state index contributed by atoms with van der Waals surface area (Å²) in [6.45, 7) is 1.52. The quantitative estimate of drug-likeness (QED) is 0.657. The standard InChI is InChI=1S/C14H10N2OS/c1-9(17)10-6-4-7-12(15-10)14-16-11-5-2-3-8-13(11)18-14/h2-8H,1H3. The van der Waals surface area contributed by atoms with Crippen molar-refractivity contribution in [2.45, 2.75) is 6.92 Å². The molecular weight excluding hydrogens is 244 g/mol. The van der Waals surface area contributed by atoms with E-state index in [1.807, 2.05) is 36.4 Å². The number of thiazole rings is 1. The molecule has 0 bridgehead atoms. The first-order valence-corrected chi connectivity index (χ1v) is 6.39. The maximum absolute atomic E-state index is 11.3. The van der Waals surface area contributed by atoms with Gasteiger partial charge in [0, 0.05) is 6.92 Å². The predicted octanol–water partition coefficient (Wildman–Crippen LogP) is 3.56. The Morgan fingerprint density at radius 3 is 2.67 bits per heavy atom. The lowest BCUT2D eigenvalue weighted by molar-refractivity contribution is 0.101. The molecule has 0 amide bonds. The third-order valence-corrected chi connectivity index (χ3v) is 3.68. The van der Waals surface area contributed by atoms with E-state index in [9.17, 15) is 4.79 Å². The maximum Gasteiger partial charge on any atom is 0.178 e. The Kier molecular flexibility index (Phi) is 2.64. The molecule has 3 aromatic rings. The molecule has 0 saturated carbocycles. The van der Waals surface area contributed by atoms with E-state index in [1.165, 1.54) is 6.92 Å². The summed E-state index contributed by atoms with van der Waals surface area (Å²) in [5, 5.41) is 0.847. The minimum atomic E-state index is -0.0297. The van der Waals surface area contributed by atoms with Crippen LogP contribution < -0.4 is 0 Å². The summed E-state index contributed by atoms with van der Waals surface area (Å²) < 4.78 is 1.13. The summed E-state index contributed by atoms with van der Waals surface area (Å²) in [5.41, 5.74) is 2.20. The molecule has 0 unspecified atom stereocenters. The van der Waals surface area contributed by atoms with E-state index in [4.69, 9.17) is 0 Å². The molecule has 0 fully saturated rings. The molecule has 1 aromatic carbocycles. The summed E-state index contributed by atoms with van der Waals surface area (Å²) in [6.07, 6.45) is 0. The number of carbonyl (C=O) groups excluding carboxylic acids is 1. The third-order valence-electron chi connectivity index (χ3n) is 2.62. The van der Waals surface area contributed by atoms with Crippen molar-refractivity contribution < 1.29 is 4.79 Å². The van der Waals surface area contributed by atoms with Crippen molar-refractivity contribution in [2.24, 2.45) is 0 Å². The minimum absolute atomic E-state index is 0.0297. The van der Waals surface area contributed by atoms with Crippen LogP contribution in [0.5, 0.6) is 0 Å². The fraction of sp³-hybridized carbons (Fsp3) is 0.0714. The smallest absolute Gasteiger partial charge is 0.178 e. The Bertz CT molecular complexity index is 700. The number of Topliss-reactive ketones (excluding diaryl/α,β-unsaturated/α-hetero) is 1. The van der Waals surface area contributed by atoms with Gasteiger partial charge in [0.05, 0.1) is 15.9 Å². The van der Waals surface area contributed by atoms with E-state index >= 15 is 0 Å². The Morgan fingerprint density at radius 2 is 1.89 bits per heavy atom. The Hall–Kier alpha value is -2.07. The minimum Gasteiger partial charge on any atom is -0.293 e. The van der Waals surface area contributed by atoms with Gasteiger partial charge in [-0.25, -0.2) is 9.97 Å². The summed E-state index contributed by atoms with van der Waals surface area (Å²) >= 11 is 1.59. The van der Waals surface area contributed by atoms with Gasteiger partial charge in [-0.3, -0.25) is 4.79 Å². The largest absolute Gasteiger partial charge is 0.293 e. The molecule has 0 saturated heterocycles. The summed E-state index contributed by atoms with van der Waals surface area (Å²) in [6, 6.07) is 13.4. The van der Waals surface area contributed by atoms with Gasteiger partial charge in [0.2, 0.25) is 0 Å². The van der Waals surface area contributed by atoms with Gasteiger partial charge in [0.25, 0.3) is 0 Å². The Balaban J connectivity index is 2.13. The molecule has 0 spiro atoms. The average Bonchev–Trinajstić information content (AvgIpc) is 2.82. The van der Waals surface area contributed by atoms with E-state index in [-0.39, 0.29) is 5.78 Å². The molecule has 88 valence electrons. The molecule has 0 aliphatic carbocycles. The number of ketones is 1. The highest BCUT2D eigenvalue weighted by atomic mass is 32.1. The molecule has 2 aromatic heterocycles. The van der Waals surface area contributed by atoms with Crippen LogP contribution in [0.1, 0.15) is 17.4 Å². The molecular formula is C14H10N2OS. The van der Waals surface area contributed by atoms with E-state index in [2.05, 4.69) is 9.97 Å². The Morgan fingerprint density at radius 1 is 1.06 bits per heavy atom. The SMILES string of the molecule is CC(=O)c1cccc(-c2nc3ccccc3s2)n1. The lowest BCUT2D eigenvalue weighted by Gasteiger charge is -1.97. The van der Waals surface area contributed by atoms with Gasteiger partial charge in [0.15, 0.2) is 5.78 Å². The number of carbonyl (C=O) groups is 1. The van der Waals surface area contributed by atoms with Gasteiger partial charge in [-0.1, -0.05) is 18.2 Å². The molecule has 0 aliphatic heterocycles. The zero-order chi connectivity index (χ0) is 12.5. The number of pyridine rings is 1. The van der Waals surface area contributed by atoms with Crippen molar-refractivity contribution in [2.75, 3.05) is 0 Å². The Labute approximate surface area is 108 Å². The number of rotatable bonds is 2. The number of benzene rings is 1. The number of para-hydroxylation sites is 1. The zero-order valence-corrected chi connectivity index (χ0v) is 10.6. The lowest BCUT2D eigenvalue weighted by Crippen LogP contribution is -1.97. The molecule has 3 nitrogen and oxygen atoms in total. The van der Waals surface area contributed by atoms with Crippen molar-refractivity contribution in [3.63, 3.8) is 0 Å². The van der Waals surface area contributed by atoms with E-state index < -0.39 is 0 Å². The molecule has 0 N–H and O–H groups in total. The molecule has 18 heavy (non-hydrogen) atoms. The first-order valence-electron chi connectivity index (χ1n) is 5.58. The third kappa shape index (κ3) is 1.91. The second-order valence-corrected chi connectivity index (χ2v) is 4.98. The van der Waals surface area contributed by atoms with Crippen LogP contribution in [-0.2, 0) is 0 Å². The van der Waals surface area contributed by atoms with Gasteiger partial charge in [-0.15, -0.1) is 11.3 Å². The van der Waals surface area contributed by atoms with E-state index in [0.29, 0.717) is 5.69 Å². The summed E-state index contributed by atoms with van der Waals surface area (Å²) in [7, 11) is 0. The first-order chi connectivity index (χ1) is 8.74. The van der Waals surface area contributed by atoms with Crippen LogP contribution in [0.2, 0.25) is 0 Å². The first kappa shape index (κ1) is 11.0. The second kappa shape index (κ2) is 4.31. The van der Waals surface area contributed by atoms with Crippen LogP contribution in [0.25, 0.3) is 20.9 Å². The normalized spacial score (nSPS) is 10.7. The van der Waals surface area contributed by atoms with Gasteiger partial charge in [-0.05, 0) is 24.3 Å².